The number of benzene rings is 1. The monoisotopic (exact) mass is 347 g/mol. The molecule has 120 valence electrons. The Bertz CT molecular complexity index is 736. The number of hydrogen-bond donors (Lipinski definition) is 1. The lowest BCUT2D eigenvalue weighted by Gasteiger charge is -2.19. The molecular weight excluding hydrogens is 330 g/mol. The van der Waals surface area contributed by atoms with Gasteiger partial charge >= 0.3 is 0 Å². The average Bonchev–Trinajstić information content (AvgIpc) is 3.21. The van der Waals surface area contributed by atoms with Gasteiger partial charge in [0.25, 0.3) is 0 Å². The second kappa shape index (κ2) is 7.10. The predicted octanol–water partition coefficient (Wildman–Crippen LogP) is 4.21. The van der Waals surface area contributed by atoms with Crippen LogP contribution in [0.5, 0.6) is 0 Å². The van der Waals surface area contributed by atoms with Crippen molar-refractivity contribution in [2.75, 3.05) is 11.9 Å². The van der Waals surface area contributed by atoms with E-state index in [2.05, 4.69) is 38.1 Å². The first kappa shape index (κ1) is 16.0. The summed E-state index contributed by atoms with van der Waals surface area (Å²) in [6.45, 7) is 4.88. The largest absolute Gasteiger partial charge is 0.358 e. The first-order valence-electron chi connectivity index (χ1n) is 7.44. The van der Waals surface area contributed by atoms with E-state index in [0.29, 0.717) is 12.5 Å². The molecule has 1 unspecified atom stereocenters. The number of nitrogens with zero attached hydrogens (tertiary/aromatic N) is 4. The fraction of sp³-hybridized carbons (Fsp3) is 0.312. The molecule has 0 aliphatic carbocycles. The van der Waals surface area contributed by atoms with Gasteiger partial charge in [-0.3, -0.25) is 0 Å². The second-order valence-corrected chi connectivity index (χ2v) is 6.76. The minimum atomic E-state index is 0.112. The minimum absolute atomic E-state index is 0.112. The molecule has 0 aliphatic heterocycles. The molecule has 2 aromatic heterocycles. The van der Waals surface area contributed by atoms with E-state index in [0.717, 1.165) is 21.5 Å². The van der Waals surface area contributed by atoms with E-state index in [1.54, 1.807) is 6.20 Å². The van der Waals surface area contributed by atoms with Crippen LogP contribution in [0.1, 0.15) is 37.2 Å². The van der Waals surface area contributed by atoms with E-state index in [1.165, 1.54) is 11.5 Å². The third-order valence-electron chi connectivity index (χ3n) is 3.54. The molecule has 0 saturated heterocycles. The Kier molecular flexibility index (Phi) is 4.93. The molecule has 0 amide bonds. The Hall–Kier alpha value is -1.92. The number of aromatic nitrogens is 4. The molecule has 0 bridgehead atoms. The molecule has 1 atom stereocenters. The average molecular weight is 348 g/mol. The molecule has 3 rings (SSSR count). The van der Waals surface area contributed by atoms with Gasteiger partial charge in [-0.15, -0.1) is 0 Å². The zero-order chi connectivity index (χ0) is 16.2. The molecule has 0 radical (unpaired) electrons. The molecule has 0 fully saturated rings. The van der Waals surface area contributed by atoms with Crippen LogP contribution in [0, 0.1) is 0 Å². The summed E-state index contributed by atoms with van der Waals surface area (Å²) >= 11 is 7.39. The normalized spacial score (nSPS) is 12.5. The zero-order valence-corrected chi connectivity index (χ0v) is 14.6. The number of imidazole rings is 1. The van der Waals surface area contributed by atoms with Gasteiger partial charge in [0.15, 0.2) is 0 Å². The first-order valence-corrected chi connectivity index (χ1v) is 8.59. The lowest BCUT2D eigenvalue weighted by Crippen LogP contribution is -2.19. The summed E-state index contributed by atoms with van der Waals surface area (Å²) in [5, 5.41) is 4.96. The third kappa shape index (κ3) is 3.89. The van der Waals surface area contributed by atoms with E-state index in [9.17, 15) is 0 Å². The van der Waals surface area contributed by atoms with Crippen molar-refractivity contribution in [3.8, 4) is 0 Å². The lowest BCUT2D eigenvalue weighted by molar-refractivity contribution is 0.609. The molecule has 23 heavy (non-hydrogen) atoms. The zero-order valence-electron chi connectivity index (χ0n) is 13.0. The molecule has 0 saturated carbocycles. The summed E-state index contributed by atoms with van der Waals surface area (Å²) < 4.78 is 6.44. The van der Waals surface area contributed by atoms with E-state index < -0.39 is 0 Å². The predicted molar refractivity (Wildman–Crippen MR) is 94.3 cm³/mol. The summed E-state index contributed by atoms with van der Waals surface area (Å²) in [6, 6.07) is 8.00. The molecule has 7 heteroatoms. The van der Waals surface area contributed by atoms with Crippen molar-refractivity contribution in [2.45, 2.75) is 25.8 Å². The summed E-state index contributed by atoms with van der Waals surface area (Å²) in [5.74, 6) is 1.21. The van der Waals surface area contributed by atoms with E-state index in [1.807, 2.05) is 36.8 Å². The molecule has 5 nitrogen and oxygen atoms in total. The number of nitrogens with one attached hydrogen (secondary N) is 1. The number of rotatable bonds is 6. The molecule has 0 aliphatic rings. The fourth-order valence-corrected chi connectivity index (χ4v) is 3.10. The van der Waals surface area contributed by atoms with Gasteiger partial charge in [0.2, 0.25) is 5.13 Å². The first-order chi connectivity index (χ1) is 11.1. The van der Waals surface area contributed by atoms with Gasteiger partial charge in [0.05, 0.1) is 12.4 Å². The Morgan fingerprint density at radius 3 is 2.65 bits per heavy atom. The Morgan fingerprint density at radius 2 is 2.04 bits per heavy atom. The maximum atomic E-state index is 6.00. The van der Waals surface area contributed by atoms with E-state index >= 15 is 0 Å². The van der Waals surface area contributed by atoms with Gasteiger partial charge in [-0.05, 0) is 17.7 Å². The van der Waals surface area contributed by atoms with Crippen molar-refractivity contribution in [3.05, 3.63) is 59.4 Å². The molecule has 0 spiro atoms. The Balaban J connectivity index is 1.77. The lowest BCUT2D eigenvalue weighted by atomic mass is 10.1. The number of halogens is 1. The van der Waals surface area contributed by atoms with Crippen LogP contribution in [-0.4, -0.2) is 25.5 Å². The van der Waals surface area contributed by atoms with Crippen molar-refractivity contribution < 1.29 is 0 Å². The summed E-state index contributed by atoms with van der Waals surface area (Å²) in [4.78, 5) is 8.67. The van der Waals surface area contributed by atoms with Gasteiger partial charge in [0.1, 0.15) is 5.82 Å². The summed E-state index contributed by atoms with van der Waals surface area (Å²) in [5.41, 5.74) is 1.16. The van der Waals surface area contributed by atoms with Gasteiger partial charge in [-0.1, -0.05) is 37.6 Å². The highest BCUT2D eigenvalue weighted by atomic mass is 35.5. The van der Waals surface area contributed by atoms with Crippen LogP contribution in [0.4, 0.5) is 5.13 Å². The van der Waals surface area contributed by atoms with Gasteiger partial charge in [0, 0.05) is 41.4 Å². The fourth-order valence-electron chi connectivity index (χ4n) is 2.26. The van der Waals surface area contributed by atoms with Gasteiger partial charge in [-0.2, -0.15) is 4.37 Å². The molecule has 2 heterocycles. The van der Waals surface area contributed by atoms with Crippen LogP contribution >= 0.6 is 23.1 Å². The highest BCUT2D eigenvalue weighted by molar-refractivity contribution is 7.09. The van der Waals surface area contributed by atoms with Crippen LogP contribution < -0.4 is 5.32 Å². The summed E-state index contributed by atoms with van der Waals surface area (Å²) in [6.07, 6.45) is 5.56. The van der Waals surface area contributed by atoms with Crippen LogP contribution in [0.15, 0.2) is 43.0 Å². The molecule has 1 N–H and O–H groups in total. The van der Waals surface area contributed by atoms with Crippen molar-refractivity contribution >= 4 is 28.3 Å². The van der Waals surface area contributed by atoms with Crippen molar-refractivity contribution in [1.82, 2.24) is 18.9 Å². The topological polar surface area (TPSA) is 55.6 Å². The standard InChI is InChI=1S/C16H18ClN5S/c1-11(2)15-20-16(23-21-15)19-9-14(22-8-7-18-10-22)12-3-5-13(17)6-4-12/h3-8,10-11,14H,9H2,1-2H3,(H,19,20,21). The maximum absolute atomic E-state index is 6.00. The molecular formula is C16H18ClN5S. The van der Waals surface area contributed by atoms with E-state index in [-0.39, 0.29) is 6.04 Å². The third-order valence-corrected chi connectivity index (χ3v) is 4.48. The van der Waals surface area contributed by atoms with E-state index in [4.69, 9.17) is 11.6 Å². The quantitative estimate of drug-likeness (QED) is 0.725. The van der Waals surface area contributed by atoms with Crippen molar-refractivity contribution in [1.29, 1.82) is 0 Å². The van der Waals surface area contributed by atoms with Crippen LogP contribution in [0.2, 0.25) is 5.02 Å². The minimum Gasteiger partial charge on any atom is -0.358 e. The second-order valence-electron chi connectivity index (χ2n) is 5.57. The Labute approximate surface area is 144 Å². The van der Waals surface area contributed by atoms with Gasteiger partial charge < -0.3 is 9.88 Å². The maximum Gasteiger partial charge on any atom is 0.202 e. The highest BCUT2D eigenvalue weighted by Crippen LogP contribution is 2.23. The SMILES string of the molecule is CC(C)c1nsc(NCC(c2ccc(Cl)cc2)n2ccnc2)n1. The van der Waals surface area contributed by atoms with Crippen molar-refractivity contribution in [2.24, 2.45) is 0 Å². The van der Waals surface area contributed by atoms with Gasteiger partial charge in [-0.25, -0.2) is 9.97 Å². The Morgan fingerprint density at radius 1 is 1.26 bits per heavy atom. The highest BCUT2D eigenvalue weighted by Gasteiger charge is 2.15. The van der Waals surface area contributed by atoms with Crippen LogP contribution in [0.3, 0.4) is 0 Å². The van der Waals surface area contributed by atoms with Crippen LogP contribution in [0.25, 0.3) is 0 Å². The summed E-state index contributed by atoms with van der Waals surface area (Å²) in [7, 11) is 0. The molecule has 3 aromatic rings. The molecule has 1 aromatic carbocycles. The van der Waals surface area contributed by atoms with Crippen LogP contribution in [-0.2, 0) is 0 Å². The number of anilines is 1. The van der Waals surface area contributed by atoms with Crippen molar-refractivity contribution in [3.63, 3.8) is 0 Å². The smallest absolute Gasteiger partial charge is 0.202 e. The number of hydrogen-bond acceptors (Lipinski definition) is 5.